The lowest BCUT2D eigenvalue weighted by Gasteiger charge is -2.24. The van der Waals surface area contributed by atoms with Gasteiger partial charge < -0.3 is 0 Å². The number of benzene rings is 1. The van der Waals surface area contributed by atoms with Crippen LogP contribution in [0.1, 0.15) is 24.8 Å². The molecule has 1 saturated heterocycles. The Balaban J connectivity index is 1.89. The molecule has 1 heterocycles. The second-order valence-electron chi connectivity index (χ2n) is 4.44. The van der Waals surface area contributed by atoms with Gasteiger partial charge in [-0.15, -0.1) is 23.5 Å². The van der Waals surface area contributed by atoms with Crippen LogP contribution in [0.5, 0.6) is 0 Å². The van der Waals surface area contributed by atoms with Gasteiger partial charge in [-0.2, -0.15) is 0 Å². The van der Waals surface area contributed by atoms with Crippen molar-refractivity contribution < 1.29 is 4.79 Å². The molecule has 0 aromatic heterocycles. The number of ketones is 1. The lowest BCUT2D eigenvalue weighted by molar-refractivity contribution is -0.112. The van der Waals surface area contributed by atoms with Crippen LogP contribution in [-0.2, 0) is 4.79 Å². The molecule has 3 rings (SSSR count). The highest BCUT2D eigenvalue weighted by Gasteiger charge is 2.26. The van der Waals surface area contributed by atoms with Gasteiger partial charge >= 0.3 is 0 Å². The molecule has 1 aromatic rings. The molecule has 2 fully saturated rings. The Hall–Kier alpha value is -0.930. The molecular weight excluding hydrogens is 260 g/mol. The van der Waals surface area contributed by atoms with Crippen LogP contribution < -0.4 is 0 Å². The highest BCUT2D eigenvalue weighted by Crippen LogP contribution is 2.48. The maximum absolute atomic E-state index is 12.4. The first kappa shape index (κ1) is 12.1. The van der Waals surface area contributed by atoms with E-state index >= 15 is 0 Å². The van der Waals surface area contributed by atoms with Crippen LogP contribution in [-0.4, -0.2) is 10.9 Å². The predicted molar refractivity (Wildman–Crippen MR) is 80.4 cm³/mol. The number of hydrogen-bond donors (Lipinski definition) is 0. The van der Waals surface area contributed by atoms with Crippen molar-refractivity contribution in [2.45, 2.75) is 19.3 Å². The van der Waals surface area contributed by atoms with Gasteiger partial charge in [-0.25, -0.2) is 0 Å². The minimum atomic E-state index is 0.278. The molecule has 3 heteroatoms. The third-order valence-corrected chi connectivity index (χ3v) is 5.87. The summed E-state index contributed by atoms with van der Waals surface area (Å²) in [4.78, 5) is 12.4. The second-order valence-corrected chi connectivity index (χ2v) is 7.03. The lowest BCUT2D eigenvalue weighted by Crippen LogP contribution is -2.14. The number of carbonyl (C=O) groups is 1. The zero-order chi connectivity index (χ0) is 12.4. The van der Waals surface area contributed by atoms with Crippen LogP contribution in [0.15, 0.2) is 45.7 Å². The molecule has 0 radical (unpaired) electrons. The van der Waals surface area contributed by atoms with Crippen molar-refractivity contribution in [3.63, 3.8) is 0 Å². The number of Topliss-reactive ketones (excluding diaryl/α,β-unsaturated/α-hetero) is 1. The van der Waals surface area contributed by atoms with E-state index in [0.717, 1.165) is 41.1 Å². The zero-order valence-electron chi connectivity index (χ0n) is 10.0. The maximum Gasteiger partial charge on any atom is 0.186 e. The summed E-state index contributed by atoms with van der Waals surface area (Å²) < 4.78 is 1.26. The van der Waals surface area contributed by atoms with E-state index in [4.69, 9.17) is 0 Å². The third-order valence-electron chi connectivity index (χ3n) is 3.21. The fourth-order valence-corrected chi connectivity index (χ4v) is 3.93. The van der Waals surface area contributed by atoms with Crippen LogP contribution in [0.4, 0.5) is 0 Å². The molecule has 92 valence electrons. The molecule has 2 aliphatic rings. The van der Waals surface area contributed by atoms with Gasteiger partial charge in [0.1, 0.15) is 0 Å². The van der Waals surface area contributed by atoms with Crippen molar-refractivity contribution in [1.82, 2.24) is 0 Å². The summed E-state index contributed by atoms with van der Waals surface area (Å²) in [6.45, 7) is 0. The molecular formula is C15H14OS2. The molecule has 0 amide bonds. The summed E-state index contributed by atoms with van der Waals surface area (Å²) >= 11 is 3.64. The molecule has 0 bridgehead atoms. The Bertz CT molecular complexity index is 523. The van der Waals surface area contributed by atoms with Crippen molar-refractivity contribution in [2.75, 3.05) is 5.08 Å². The molecule has 0 spiro atoms. The van der Waals surface area contributed by atoms with Gasteiger partial charge in [-0.3, -0.25) is 4.79 Å². The van der Waals surface area contributed by atoms with Gasteiger partial charge in [0, 0.05) is 20.5 Å². The normalized spacial score (nSPS) is 22.2. The number of allylic oxidation sites excluding steroid dienone is 2. The minimum Gasteiger partial charge on any atom is -0.289 e. The van der Waals surface area contributed by atoms with Crippen molar-refractivity contribution in [3.05, 3.63) is 51.3 Å². The molecule has 1 aliphatic carbocycles. The van der Waals surface area contributed by atoms with Crippen LogP contribution in [0.25, 0.3) is 6.08 Å². The molecule has 1 aliphatic heterocycles. The monoisotopic (exact) mass is 274 g/mol. The Morgan fingerprint density at radius 3 is 2.50 bits per heavy atom. The SMILES string of the molecule is O=C1C(=C2SCS2)CCC/C1=C\c1ccccc1. The largest absolute Gasteiger partial charge is 0.289 e. The first-order valence-electron chi connectivity index (χ1n) is 6.13. The highest BCUT2D eigenvalue weighted by atomic mass is 32.3. The van der Waals surface area contributed by atoms with Gasteiger partial charge in [0.25, 0.3) is 0 Å². The Kier molecular flexibility index (Phi) is 3.62. The van der Waals surface area contributed by atoms with Gasteiger partial charge in [0.15, 0.2) is 5.78 Å². The van der Waals surface area contributed by atoms with E-state index in [0.29, 0.717) is 0 Å². The van der Waals surface area contributed by atoms with Gasteiger partial charge in [-0.1, -0.05) is 30.3 Å². The van der Waals surface area contributed by atoms with Gasteiger partial charge in [0.05, 0.1) is 0 Å². The third kappa shape index (κ3) is 2.43. The summed E-state index contributed by atoms with van der Waals surface area (Å²) in [6.07, 6.45) is 5.03. The average molecular weight is 274 g/mol. The molecule has 1 saturated carbocycles. The highest BCUT2D eigenvalue weighted by molar-refractivity contribution is 8.37. The van der Waals surface area contributed by atoms with E-state index < -0.39 is 0 Å². The van der Waals surface area contributed by atoms with E-state index in [9.17, 15) is 4.79 Å². The molecule has 0 unspecified atom stereocenters. The van der Waals surface area contributed by atoms with Crippen molar-refractivity contribution in [3.8, 4) is 0 Å². The molecule has 18 heavy (non-hydrogen) atoms. The lowest BCUT2D eigenvalue weighted by atomic mass is 9.89. The molecule has 1 nitrogen and oxygen atoms in total. The summed E-state index contributed by atoms with van der Waals surface area (Å²) in [5.41, 5.74) is 3.16. The number of carbonyl (C=O) groups excluding carboxylic acids is 1. The fraction of sp³-hybridized carbons (Fsp3) is 0.267. The first-order valence-corrected chi connectivity index (χ1v) is 8.11. The van der Waals surface area contributed by atoms with Gasteiger partial charge in [-0.05, 0) is 30.9 Å². The number of thioether (sulfide) groups is 2. The maximum atomic E-state index is 12.4. The summed E-state index contributed by atoms with van der Waals surface area (Å²) in [6, 6.07) is 10.1. The molecule has 0 N–H and O–H groups in total. The molecule has 1 aromatic carbocycles. The zero-order valence-corrected chi connectivity index (χ0v) is 11.7. The summed E-state index contributed by atoms with van der Waals surface area (Å²) in [7, 11) is 0. The Labute approximate surface area is 116 Å². The smallest absolute Gasteiger partial charge is 0.186 e. The van der Waals surface area contributed by atoms with Crippen LogP contribution in [0, 0.1) is 0 Å². The number of hydrogen-bond acceptors (Lipinski definition) is 3. The summed E-state index contributed by atoms with van der Waals surface area (Å²) in [5, 5.41) is 1.10. The Morgan fingerprint density at radius 1 is 1.06 bits per heavy atom. The van der Waals surface area contributed by atoms with Crippen LogP contribution in [0.2, 0.25) is 0 Å². The Morgan fingerprint density at radius 2 is 1.83 bits per heavy atom. The minimum absolute atomic E-state index is 0.278. The fourth-order valence-electron chi connectivity index (χ4n) is 2.25. The van der Waals surface area contributed by atoms with Crippen LogP contribution >= 0.6 is 23.5 Å². The van der Waals surface area contributed by atoms with E-state index in [1.54, 1.807) is 0 Å². The van der Waals surface area contributed by atoms with E-state index in [-0.39, 0.29) is 5.78 Å². The average Bonchev–Trinajstić information content (AvgIpc) is 2.33. The quantitative estimate of drug-likeness (QED) is 0.703. The van der Waals surface area contributed by atoms with E-state index in [1.165, 1.54) is 4.24 Å². The molecule has 0 atom stereocenters. The standard InChI is InChI=1S/C15H14OS2/c16-14-12(9-11-5-2-1-3-6-11)7-4-8-13(14)15-17-10-18-15/h1-3,5-6,9H,4,7-8,10H2/b12-9+. The van der Waals surface area contributed by atoms with Crippen molar-refractivity contribution in [1.29, 1.82) is 0 Å². The summed E-state index contributed by atoms with van der Waals surface area (Å²) in [5.74, 6) is 0.278. The van der Waals surface area contributed by atoms with Crippen molar-refractivity contribution in [2.24, 2.45) is 0 Å². The van der Waals surface area contributed by atoms with E-state index in [1.807, 2.05) is 41.7 Å². The van der Waals surface area contributed by atoms with Crippen molar-refractivity contribution >= 4 is 35.4 Å². The second kappa shape index (κ2) is 5.37. The topological polar surface area (TPSA) is 17.1 Å². The van der Waals surface area contributed by atoms with Gasteiger partial charge in [0.2, 0.25) is 0 Å². The van der Waals surface area contributed by atoms with E-state index in [2.05, 4.69) is 18.2 Å². The first-order chi connectivity index (χ1) is 8.84. The predicted octanol–water partition coefficient (Wildman–Crippen LogP) is 4.47. The van der Waals surface area contributed by atoms with Crippen LogP contribution in [0.3, 0.4) is 0 Å². The number of rotatable bonds is 1.